The van der Waals surface area contributed by atoms with Gasteiger partial charge in [0.25, 0.3) is 0 Å². The maximum atomic E-state index is 9.79. The minimum absolute atomic E-state index is 0.0168. The molecule has 1 aliphatic heterocycles. The fourth-order valence-corrected chi connectivity index (χ4v) is 7.63. The van der Waals surface area contributed by atoms with Gasteiger partial charge in [0.2, 0.25) is 0 Å². The van der Waals surface area contributed by atoms with Gasteiger partial charge in [0.1, 0.15) is 0 Å². The molecule has 0 bridgehead atoms. The summed E-state index contributed by atoms with van der Waals surface area (Å²) in [7, 11) is 0. The smallest absolute Gasteiger partial charge is 0.0875 e. The van der Waals surface area contributed by atoms with Crippen LogP contribution in [0.15, 0.2) is 0 Å². The van der Waals surface area contributed by atoms with E-state index in [1.54, 1.807) is 0 Å². The highest BCUT2D eigenvalue weighted by molar-refractivity contribution is 5.04. The van der Waals surface area contributed by atoms with Crippen molar-refractivity contribution >= 4 is 0 Å². The first kappa shape index (κ1) is 20.2. The third kappa shape index (κ3) is 4.27. The van der Waals surface area contributed by atoms with E-state index in [0.29, 0.717) is 12.2 Å². The van der Waals surface area contributed by atoms with Crippen LogP contribution >= 0.6 is 0 Å². The van der Waals surface area contributed by atoms with Crippen molar-refractivity contribution < 1.29 is 9.84 Å². The highest BCUT2D eigenvalue weighted by Gasteiger charge is 2.56. The molecule has 5 fully saturated rings. The van der Waals surface area contributed by atoms with E-state index < -0.39 is 0 Å². The molecule has 0 aromatic rings. The first-order chi connectivity index (χ1) is 13.2. The third-order valence-corrected chi connectivity index (χ3v) is 9.11. The van der Waals surface area contributed by atoms with Crippen LogP contribution in [0.5, 0.6) is 0 Å². The number of fused-ring (bicyclic) bond motifs is 2. The maximum Gasteiger partial charge on any atom is 0.0875 e. The summed E-state index contributed by atoms with van der Waals surface area (Å²) in [6, 6.07) is 0. The molecule has 0 amide bonds. The Kier molecular flexibility index (Phi) is 6.54. The first-order valence-electron chi connectivity index (χ1n) is 12.5. The second-order valence-electron chi connectivity index (χ2n) is 10.6. The molecule has 1 heterocycles. The average molecular weight is 377 g/mol. The van der Waals surface area contributed by atoms with Gasteiger partial charge in [-0.3, -0.25) is 0 Å². The van der Waals surface area contributed by atoms with Crippen molar-refractivity contribution in [1.82, 2.24) is 0 Å². The average Bonchev–Trinajstić information content (AvgIpc) is 3.50. The molecule has 8 atom stereocenters. The Balaban J connectivity index is 0.000000872. The number of aliphatic hydroxyl groups excluding tert-OH is 1. The van der Waals surface area contributed by atoms with Crippen molar-refractivity contribution in [3.05, 3.63) is 0 Å². The maximum absolute atomic E-state index is 9.79. The second kappa shape index (κ2) is 8.74. The van der Waals surface area contributed by atoms with Gasteiger partial charge in [-0.2, -0.15) is 0 Å². The quantitative estimate of drug-likeness (QED) is 0.581. The Morgan fingerprint density at radius 2 is 1.11 bits per heavy atom. The molecule has 156 valence electrons. The summed E-state index contributed by atoms with van der Waals surface area (Å²) in [5.74, 6) is 6.61. The summed E-state index contributed by atoms with van der Waals surface area (Å²) in [6.07, 6.45) is 17.6. The minimum Gasteiger partial charge on any atom is -0.393 e. The molecule has 0 spiro atoms. The number of ether oxygens (including phenoxy) is 1. The first-order valence-corrected chi connectivity index (χ1v) is 12.5. The largest absolute Gasteiger partial charge is 0.393 e. The van der Waals surface area contributed by atoms with Gasteiger partial charge < -0.3 is 9.84 Å². The van der Waals surface area contributed by atoms with E-state index >= 15 is 0 Å². The van der Waals surface area contributed by atoms with Gasteiger partial charge in [0.05, 0.1) is 18.3 Å². The molecule has 0 aromatic carbocycles. The molecule has 2 nitrogen and oxygen atoms in total. The summed E-state index contributed by atoms with van der Waals surface area (Å²) < 4.78 is 6.33. The van der Waals surface area contributed by atoms with Crippen LogP contribution in [0.25, 0.3) is 0 Å². The van der Waals surface area contributed by atoms with Crippen LogP contribution in [-0.4, -0.2) is 23.4 Å². The zero-order chi connectivity index (χ0) is 19.0. The number of rotatable bonds is 2. The molecule has 4 aliphatic carbocycles. The van der Waals surface area contributed by atoms with Crippen LogP contribution in [0.3, 0.4) is 0 Å². The van der Waals surface area contributed by atoms with Crippen LogP contribution < -0.4 is 0 Å². The fraction of sp³-hybridized carbons (Fsp3) is 1.00. The van der Waals surface area contributed by atoms with Gasteiger partial charge >= 0.3 is 0 Å². The summed E-state index contributed by atoms with van der Waals surface area (Å²) >= 11 is 0. The predicted molar refractivity (Wildman–Crippen MR) is 112 cm³/mol. The lowest BCUT2D eigenvalue weighted by atomic mass is 9.60. The Morgan fingerprint density at radius 1 is 0.593 bits per heavy atom. The summed E-state index contributed by atoms with van der Waals surface area (Å²) in [5.41, 5.74) is 0. The molecular formula is C25H44O2. The standard InChI is InChI=1S/C23H38O2.C2H6/c1-14-2-3-17-13-18(5-4-16(17)12-14)21-11-10-20(22-23(21)25-22)15-6-8-19(24)9-7-15;1-2/h14-24H,2-13H2,1H3;1-2H3. The Bertz CT molecular complexity index is 469. The zero-order valence-electron chi connectivity index (χ0n) is 18.1. The zero-order valence-corrected chi connectivity index (χ0v) is 18.1. The molecule has 1 saturated heterocycles. The van der Waals surface area contributed by atoms with Crippen molar-refractivity contribution in [3.8, 4) is 0 Å². The summed E-state index contributed by atoms with van der Waals surface area (Å²) in [5, 5.41) is 9.79. The normalized spacial score (nSPS) is 52.0. The van der Waals surface area contributed by atoms with Crippen LogP contribution in [0, 0.1) is 41.4 Å². The van der Waals surface area contributed by atoms with Gasteiger partial charge in [-0.1, -0.05) is 27.2 Å². The molecule has 0 aromatic heterocycles. The van der Waals surface area contributed by atoms with Crippen molar-refractivity contribution in [2.45, 2.75) is 116 Å². The fourth-order valence-electron chi connectivity index (χ4n) is 7.63. The number of epoxide rings is 1. The van der Waals surface area contributed by atoms with Crippen molar-refractivity contribution in [3.63, 3.8) is 0 Å². The molecule has 0 radical (unpaired) electrons. The molecule has 8 unspecified atom stereocenters. The molecule has 4 saturated carbocycles. The molecule has 1 N–H and O–H groups in total. The van der Waals surface area contributed by atoms with E-state index in [2.05, 4.69) is 6.92 Å². The van der Waals surface area contributed by atoms with Gasteiger partial charge in [0, 0.05) is 0 Å². The molecule has 27 heavy (non-hydrogen) atoms. The Labute approximate surface area is 167 Å². The van der Waals surface area contributed by atoms with Crippen LogP contribution in [0.4, 0.5) is 0 Å². The van der Waals surface area contributed by atoms with Gasteiger partial charge in [0.15, 0.2) is 0 Å². The number of hydrogen-bond acceptors (Lipinski definition) is 2. The monoisotopic (exact) mass is 376 g/mol. The number of aliphatic hydroxyl groups is 1. The topological polar surface area (TPSA) is 32.8 Å². The van der Waals surface area contributed by atoms with Crippen molar-refractivity contribution in [1.29, 1.82) is 0 Å². The van der Waals surface area contributed by atoms with Crippen LogP contribution in [0.2, 0.25) is 0 Å². The van der Waals surface area contributed by atoms with Gasteiger partial charge in [-0.05, 0) is 112 Å². The summed E-state index contributed by atoms with van der Waals surface area (Å²) in [4.78, 5) is 0. The van der Waals surface area contributed by atoms with Crippen LogP contribution in [-0.2, 0) is 4.74 Å². The van der Waals surface area contributed by atoms with E-state index in [4.69, 9.17) is 4.74 Å². The van der Waals surface area contributed by atoms with E-state index in [9.17, 15) is 5.11 Å². The molecule has 5 rings (SSSR count). The molecule has 5 aliphatic rings. The van der Waals surface area contributed by atoms with E-state index in [-0.39, 0.29) is 6.10 Å². The van der Waals surface area contributed by atoms with Crippen molar-refractivity contribution in [2.24, 2.45) is 41.4 Å². The molecular weight excluding hydrogens is 332 g/mol. The van der Waals surface area contributed by atoms with E-state index in [1.807, 2.05) is 13.8 Å². The van der Waals surface area contributed by atoms with Gasteiger partial charge in [-0.15, -0.1) is 0 Å². The highest BCUT2D eigenvalue weighted by atomic mass is 16.6. The van der Waals surface area contributed by atoms with E-state index in [0.717, 1.165) is 54.3 Å². The van der Waals surface area contributed by atoms with Crippen LogP contribution in [0.1, 0.15) is 97.8 Å². The van der Waals surface area contributed by atoms with Crippen molar-refractivity contribution in [2.75, 3.05) is 0 Å². The minimum atomic E-state index is -0.0168. The molecule has 2 heteroatoms. The second-order valence-corrected chi connectivity index (χ2v) is 10.6. The highest BCUT2D eigenvalue weighted by Crippen LogP contribution is 2.55. The third-order valence-electron chi connectivity index (χ3n) is 9.11. The van der Waals surface area contributed by atoms with E-state index in [1.165, 1.54) is 64.2 Å². The Morgan fingerprint density at radius 3 is 1.81 bits per heavy atom. The number of hydrogen-bond donors (Lipinski definition) is 1. The lowest BCUT2D eigenvalue weighted by molar-refractivity contribution is 0.0566. The van der Waals surface area contributed by atoms with Gasteiger partial charge in [-0.25, -0.2) is 0 Å². The lowest BCUT2D eigenvalue weighted by Crippen LogP contribution is -2.38. The lowest BCUT2D eigenvalue weighted by Gasteiger charge is -2.44. The SMILES string of the molecule is CC.CC1CCC2CC(C3CCC(C4CCC(O)CC4)C4OC34)CCC2C1. The predicted octanol–water partition coefficient (Wildman–Crippen LogP) is 6.21. The Hall–Kier alpha value is -0.0800. The summed E-state index contributed by atoms with van der Waals surface area (Å²) in [6.45, 7) is 6.47.